The Morgan fingerprint density at radius 2 is 1.40 bits per heavy atom. The molecule has 1 aromatic rings. The lowest BCUT2D eigenvalue weighted by Crippen LogP contribution is -2.57. The van der Waals surface area contributed by atoms with Crippen molar-refractivity contribution in [2.24, 2.45) is 22.2 Å². The van der Waals surface area contributed by atoms with Gasteiger partial charge in [-0.2, -0.15) is 0 Å². The van der Waals surface area contributed by atoms with E-state index >= 15 is 0 Å². The molecule has 0 bridgehead atoms. The molecule has 222 valence electrons. The quantitative estimate of drug-likeness (QED) is 0.0441. The number of hydrogen-bond acceptors (Lipinski definition) is 9. The summed E-state index contributed by atoms with van der Waals surface area (Å²) < 4.78 is 0. The number of nitrogens with two attached hydrogens (primary N) is 3. The van der Waals surface area contributed by atoms with Crippen LogP contribution in [0.5, 0.6) is 0 Å². The van der Waals surface area contributed by atoms with Gasteiger partial charge in [-0.15, -0.1) is 0 Å². The van der Waals surface area contributed by atoms with E-state index in [0.29, 0.717) is 12.1 Å². The highest BCUT2D eigenvalue weighted by Crippen LogP contribution is 2.06. The summed E-state index contributed by atoms with van der Waals surface area (Å²) in [6.07, 6.45) is 1.16. The van der Waals surface area contributed by atoms with Crippen molar-refractivity contribution in [2.75, 3.05) is 6.54 Å². The fourth-order valence-corrected chi connectivity index (χ4v) is 3.36. The van der Waals surface area contributed by atoms with Gasteiger partial charge in [-0.05, 0) is 25.7 Å². The summed E-state index contributed by atoms with van der Waals surface area (Å²) >= 11 is 0. The summed E-state index contributed by atoms with van der Waals surface area (Å²) in [5.74, 6) is -6.78. The summed E-state index contributed by atoms with van der Waals surface area (Å²) in [4.78, 5) is 82.5. The molecule has 40 heavy (non-hydrogen) atoms. The number of amides is 3. The highest BCUT2D eigenvalue weighted by Gasteiger charge is 2.31. The van der Waals surface area contributed by atoms with Crippen LogP contribution < -0.4 is 33.2 Å². The molecule has 0 radical (unpaired) electrons. The van der Waals surface area contributed by atoms with Crippen LogP contribution in [0.15, 0.2) is 17.5 Å². The highest BCUT2D eigenvalue weighted by atomic mass is 16.4. The number of carbonyl (C=O) groups is 6. The number of aliphatic carboxylic acids is 3. The van der Waals surface area contributed by atoms with E-state index < -0.39 is 79.1 Å². The molecule has 3 amide bonds. The van der Waals surface area contributed by atoms with Gasteiger partial charge < -0.3 is 53.5 Å². The van der Waals surface area contributed by atoms with Crippen LogP contribution in [-0.2, 0) is 35.2 Å². The summed E-state index contributed by atoms with van der Waals surface area (Å²) in [5, 5.41) is 34.3. The third-order valence-electron chi connectivity index (χ3n) is 5.46. The largest absolute Gasteiger partial charge is 0.481 e. The summed E-state index contributed by atoms with van der Waals surface area (Å²) in [6.45, 7) is 0.209. The second kappa shape index (κ2) is 17.0. The Hall–Kier alpha value is -4.74. The number of hydrogen-bond donors (Lipinski definition) is 10. The molecule has 0 spiro atoms. The normalized spacial score (nSPS) is 13.6. The van der Waals surface area contributed by atoms with Gasteiger partial charge >= 0.3 is 17.9 Å². The summed E-state index contributed by atoms with van der Waals surface area (Å²) in [5.41, 5.74) is 16.7. The minimum atomic E-state index is -1.57. The van der Waals surface area contributed by atoms with Gasteiger partial charge in [0.2, 0.25) is 17.7 Å². The van der Waals surface area contributed by atoms with Crippen LogP contribution in [0.4, 0.5) is 0 Å². The molecule has 0 saturated heterocycles. The van der Waals surface area contributed by atoms with E-state index in [1.165, 1.54) is 12.5 Å². The Morgan fingerprint density at radius 3 is 1.93 bits per heavy atom. The third kappa shape index (κ3) is 13.2. The predicted molar refractivity (Wildman–Crippen MR) is 137 cm³/mol. The zero-order chi connectivity index (χ0) is 30.2. The number of carboxylic acids is 3. The van der Waals surface area contributed by atoms with Gasteiger partial charge in [0.15, 0.2) is 5.96 Å². The van der Waals surface area contributed by atoms with Gasteiger partial charge in [0.25, 0.3) is 0 Å². The molecule has 0 fully saturated rings. The first kappa shape index (κ1) is 33.3. The van der Waals surface area contributed by atoms with Gasteiger partial charge in [-0.3, -0.25) is 29.0 Å². The molecule has 1 heterocycles. The number of imidazole rings is 1. The first-order chi connectivity index (χ1) is 18.8. The van der Waals surface area contributed by atoms with Crippen molar-refractivity contribution < 1.29 is 44.1 Å². The average molecular weight is 570 g/mol. The van der Waals surface area contributed by atoms with Crippen molar-refractivity contribution in [1.29, 1.82) is 0 Å². The number of aromatic amines is 1. The SMILES string of the molecule is NC(N)=NCCCC(N)C(=O)NC(CCC(=O)O)C(=O)NC(Cc1cnc[nH]1)C(=O)NC(CCC(=O)O)C(=O)O. The lowest BCUT2D eigenvalue weighted by molar-refractivity contribution is -0.143. The molecule has 18 nitrogen and oxygen atoms in total. The molecule has 13 N–H and O–H groups in total. The predicted octanol–water partition coefficient (Wildman–Crippen LogP) is -3.40. The van der Waals surface area contributed by atoms with Crippen LogP contribution in [0, 0.1) is 0 Å². The maximum atomic E-state index is 13.1. The number of carbonyl (C=O) groups excluding carboxylic acids is 3. The smallest absolute Gasteiger partial charge is 0.326 e. The molecule has 0 aromatic carbocycles. The average Bonchev–Trinajstić information content (AvgIpc) is 3.38. The van der Waals surface area contributed by atoms with Crippen molar-refractivity contribution in [3.8, 4) is 0 Å². The van der Waals surface area contributed by atoms with Crippen LogP contribution in [-0.4, -0.2) is 97.6 Å². The number of nitrogens with zero attached hydrogens (tertiary/aromatic N) is 2. The zero-order valence-electron chi connectivity index (χ0n) is 21.5. The van der Waals surface area contributed by atoms with Gasteiger partial charge in [0.1, 0.15) is 18.1 Å². The number of rotatable bonds is 19. The Morgan fingerprint density at radius 1 is 0.850 bits per heavy atom. The van der Waals surface area contributed by atoms with Gasteiger partial charge in [0, 0.05) is 37.7 Å². The zero-order valence-corrected chi connectivity index (χ0v) is 21.5. The number of guanidine groups is 1. The Labute approximate surface area is 228 Å². The van der Waals surface area contributed by atoms with Crippen LogP contribution in [0.2, 0.25) is 0 Å². The molecular weight excluding hydrogens is 534 g/mol. The van der Waals surface area contributed by atoms with E-state index in [1.807, 2.05) is 0 Å². The van der Waals surface area contributed by atoms with E-state index in [1.54, 1.807) is 0 Å². The number of aliphatic imine (C=N–C) groups is 1. The number of aromatic nitrogens is 2. The lowest BCUT2D eigenvalue weighted by Gasteiger charge is -2.25. The summed E-state index contributed by atoms with van der Waals surface area (Å²) in [7, 11) is 0. The van der Waals surface area contributed by atoms with E-state index in [4.69, 9.17) is 27.4 Å². The van der Waals surface area contributed by atoms with Crippen molar-refractivity contribution >= 4 is 41.6 Å². The summed E-state index contributed by atoms with van der Waals surface area (Å²) in [6, 6.07) is -5.46. The van der Waals surface area contributed by atoms with Gasteiger partial charge in [-0.1, -0.05) is 0 Å². The Bertz CT molecular complexity index is 1060. The standard InChI is InChI=1S/C22H35N9O9/c23-12(2-1-7-27-22(24)25)18(36)29-13(3-5-16(32)33)19(37)31-15(8-11-9-26-10-28-11)20(38)30-14(21(39)40)4-6-17(34)35/h9-10,12-15H,1-8,23H2,(H,26,28)(H,29,36)(H,30,38)(H,31,37)(H,32,33)(H,34,35)(H,39,40)(H4,24,25,27). The van der Waals surface area contributed by atoms with Crippen LogP contribution in [0.25, 0.3) is 0 Å². The molecule has 1 aromatic heterocycles. The lowest BCUT2D eigenvalue weighted by atomic mass is 10.1. The minimum absolute atomic E-state index is 0.131. The topological polar surface area (TPSA) is 318 Å². The molecular formula is C22H35N9O9. The van der Waals surface area contributed by atoms with Crippen LogP contribution in [0.1, 0.15) is 44.2 Å². The van der Waals surface area contributed by atoms with Crippen LogP contribution in [0.3, 0.4) is 0 Å². The fourth-order valence-electron chi connectivity index (χ4n) is 3.36. The number of nitrogens with one attached hydrogen (secondary N) is 4. The molecule has 0 aliphatic rings. The maximum Gasteiger partial charge on any atom is 0.326 e. The highest BCUT2D eigenvalue weighted by molar-refractivity contribution is 5.94. The molecule has 0 saturated carbocycles. The first-order valence-corrected chi connectivity index (χ1v) is 12.2. The first-order valence-electron chi connectivity index (χ1n) is 12.2. The molecule has 1 rings (SSSR count). The maximum absolute atomic E-state index is 13.1. The van der Waals surface area contributed by atoms with Gasteiger partial charge in [-0.25, -0.2) is 9.78 Å². The van der Waals surface area contributed by atoms with Crippen molar-refractivity contribution in [3.05, 3.63) is 18.2 Å². The molecule has 4 unspecified atom stereocenters. The molecule has 0 aliphatic heterocycles. The molecule has 0 aliphatic carbocycles. The van der Waals surface area contributed by atoms with Crippen molar-refractivity contribution in [3.63, 3.8) is 0 Å². The Balaban J connectivity index is 3.03. The number of carboxylic acid groups (broad SMARTS) is 3. The van der Waals surface area contributed by atoms with Crippen molar-refractivity contribution in [1.82, 2.24) is 25.9 Å². The number of H-pyrrole nitrogens is 1. The van der Waals surface area contributed by atoms with E-state index in [-0.39, 0.29) is 31.8 Å². The van der Waals surface area contributed by atoms with E-state index in [2.05, 4.69) is 30.9 Å². The van der Waals surface area contributed by atoms with Crippen molar-refractivity contribution in [2.45, 2.75) is 69.1 Å². The monoisotopic (exact) mass is 569 g/mol. The van der Waals surface area contributed by atoms with E-state index in [0.717, 1.165) is 0 Å². The second-order valence-electron chi connectivity index (χ2n) is 8.72. The van der Waals surface area contributed by atoms with Gasteiger partial charge in [0.05, 0.1) is 12.4 Å². The minimum Gasteiger partial charge on any atom is -0.481 e. The van der Waals surface area contributed by atoms with E-state index in [9.17, 15) is 33.9 Å². The molecule has 18 heteroatoms. The van der Waals surface area contributed by atoms with Crippen LogP contribution >= 0.6 is 0 Å². The molecule has 4 atom stereocenters. The Kier molecular flexibility index (Phi) is 14.1. The third-order valence-corrected chi connectivity index (χ3v) is 5.46. The second-order valence-corrected chi connectivity index (χ2v) is 8.72. The fraction of sp³-hybridized carbons (Fsp3) is 0.545.